The number of ether oxygens (including phenoxy) is 2. The molecule has 0 bridgehead atoms. The molecule has 0 spiro atoms. The summed E-state index contributed by atoms with van der Waals surface area (Å²) in [6, 6.07) is 41.7. The van der Waals surface area contributed by atoms with Crippen LogP contribution in [-0.2, 0) is 54.6 Å². The van der Waals surface area contributed by atoms with Gasteiger partial charge in [-0.3, -0.25) is 19.2 Å². The molecule has 0 aromatic heterocycles. The number of anilines is 3. The third-order valence-corrected chi connectivity index (χ3v) is 12.7. The summed E-state index contributed by atoms with van der Waals surface area (Å²) in [6.07, 6.45) is 2.78. The van der Waals surface area contributed by atoms with Crippen LogP contribution in [0.1, 0.15) is 60.8 Å². The van der Waals surface area contributed by atoms with Crippen LogP contribution >= 0.6 is 0 Å². The molecule has 69 heavy (non-hydrogen) atoms. The Morgan fingerprint density at radius 3 is 1.28 bits per heavy atom. The summed E-state index contributed by atoms with van der Waals surface area (Å²) in [5.74, 6) is -1.21. The summed E-state index contributed by atoms with van der Waals surface area (Å²) in [7, 11) is 2.51. The molecule has 2 aliphatic rings. The van der Waals surface area contributed by atoms with Crippen molar-refractivity contribution < 1.29 is 38.2 Å². The number of nitrogens with one attached hydrogen (secondary N) is 4. The van der Waals surface area contributed by atoms with Gasteiger partial charge in [-0.25, -0.2) is 9.59 Å². The lowest BCUT2D eigenvalue weighted by Crippen LogP contribution is -2.52. The molecule has 2 saturated heterocycles. The summed E-state index contributed by atoms with van der Waals surface area (Å²) >= 11 is 0. The quantitative estimate of drug-likeness (QED) is 0.0654. The standard InChI is InChI=1S/C54H61N7O8/c1-68-53(66)57-45(32-26-38-14-6-3-7-15-38)51(64)60-34-12-20-47(60)49(62)55-42-28-22-40(23-29-42)36-59(44-18-10-5-11-19-44)37-41-24-30-43(31-25-41)56-50(63)48-21-13-35-61(48)52(65)46(58-54(67)69-2)33-27-39-16-8-4-9-17-39/h3-11,14-19,22-25,28-31,45-48H,12-13,20-21,26-27,32-37H2,1-2H3,(H,55,62)(H,56,63)(H,57,66)(H,58,67)/t45-,46?,47?,48-/m0/s1. The molecule has 2 aliphatic heterocycles. The molecule has 5 aromatic carbocycles. The van der Waals surface area contributed by atoms with E-state index in [1.807, 2.05) is 140 Å². The molecule has 15 nitrogen and oxygen atoms in total. The van der Waals surface area contributed by atoms with Crippen molar-refractivity contribution in [2.24, 2.45) is 0 Å². The molecule has 0 saturated carbocycles. The van der Waals surface area contributed by atoms with Gasteiger partial charge in [0, 0.05) is 43.2 Å². The number of methoxy groups -OCH3 is 2. The Bertz CT molecular complexity index is 2340. The Hall–Kier alpha value is -7.68. The Morgan fingerprint density at radius 2 is 0.899 bits per heavy atom. The molecule has 0 radical (unpaired) electrons. The average Bonchev–Trinajstić information content (AvgIpc) is 4.10. The van der Waals surface area contributed by atoms with Crippen molar-refractivity contribution in [3.8, 4) is 0 Å². The van der Waals surface area contributed by atoms with Crippen LogP contribution in [0.3, 0.4) is 0 Å². The number of likely N-dealkylation sites (tertiary alicyclic amines) is 2. The van der Waals surface area contributed by atoms with Crippen molar-refractivity contribution in [2.75, 3.05) is 42.8 Å². The first-order chi connectivity index (χ1) is 33.6. The fourth-order valence-electron chi connectivity index (χ4n) is 8.99. The Morgan fingerprint density at radius 1 is 0.522 bits per heavy atom. The number of nitrogens with zero attached hydrogens (tertiary/aromatic N) is 3. The number of hydrogen-bond acceptors (Lipinski definition) is 9. The van der Waals surface area contributed by atoms with Crippen LogP contribution in [0.4, 0.5) is 26.7 Å². The van der Waals surface area contributed by atoms with E-state index >= 15 is 0 Å². The van der Waals surface area contributed by atoms with E-state index in [4.69, 9.17) is 9.47 Å². The van der Waals surface area contributed by atoms with Crippen LogP contribution in [0, 0.1) is 0 Å². The van der Waals surface area contributed by atoms with E-state index < -0.39 is 36.4 Å². The van der Waals surface area contributed by atoms with Gasteiger partial charge in [0.25, 0.3) is 0 Å². The molecule has 5 aromatic rings. The summed E-state index contributed by atoms with van der Waals surface area (Å²) in [5.41, 5.74) is 6.30. The summed E-state index contributed by atoms with van der Waals surface area (Å²) in [4.78, 5) is 85.0. The Kier molecular flexibility index (Phi) is 17.4. The van der Waals surface area contributed by atoms with Crippen molar-refractivity contribution in [1.29, 1.82) is 0 Å². The van der Waals surface area contributed by atoms with Crippen LogP contribution in [0.2, 0.25) is 0 Å². The van der Waals surface area contributed by atoms with Crippen LogP contribution in [0.5, 0.6) is 0 Å². The Balaban J connectivity index is 0.949. The third kappa shape index (κ3) is 13.7. The van der Waals surface area contributed by atoms with Gasteiger partial charge >= 0.3 is 12.2 Å². The molecule has 15 heteroatoms. The number of benzene rings is 5. The van der Waals surface area contributed by atoms with E-state index in [1.165, 1.54) is 14.2 Å². The normalized spacial score (nSPS) is 16.1. The maximum absolute atomic E-state index is 13.9. The number of rotatable bonds is 19. The van der Waals surface area contributed by atoms with Crippen LogP contribution in [0.15, 0.2) is 140 Å². The largest absolute Gasteiger partial charge is 0.453 e. The van der Waals surface area contributed by atoms with Gasteiger partial charge in [-0.1, -0.05) is 103 Å². The van der Waals surface area contributed by atoms with Crippen LogP contribution in [-0.4, -0.2) is 97.1 Å². The van der Waals surface area contributed by atoms with Gasteiger partial charge in [-0.15, -0.1) is 0 Å². The number of carbonyl (C=O) groups is 6. The van der Waals surface area contributed by atoms with E-state index in [2.05, 4.69) is 26.2 Å². The van der Waals surface area contributed by atoms with Crippen molar-refractivity contribution in [3.63, 3.8) is 0 Å². The highest BCUT2D eigenvalue weighted by Gasteiger charge is 2.39. The first-order valence-corrected chi connectivity index (χ1v) is 23.6. The van der Waals surface area contributed by atoms with Gasteiger partial charge in [0.05, 0.1) is 14.2 Å². The van der Waals surface area contributed by atoms with Crippen molar-refractivity contribution in [2.45, 2.75) is 88.6 Å². The molecule has 6 amide bonds. The zero-order valence-corrected chi connectivity index (χ0v) is 39.2. The minimum Gasteiger partial charge on any atom is -0.453 e. The zero-order valence-electron chi connectivity index (χ0n) is 39.2. The molecule has 2 heterocycles. The number of alkyl carbamates (subject to hydrolysis) is 2. The van der Waals surface area contributed by atoms with Crippen molar-refractivity contribution in [1.82, 2.24) is 20.4 Å². The third-order valence-electron chi connectivity index (χ3n) is 12.7. The summed E-state index contributed by atoms with van der Waals surface area (Å²) in [5, 5.41) is 11.4. The summed E-state index contributed by atoms with van der Waals surface area (Å²) in [6.45, 7) is 1.93. The number of amides is 6. The highest BCUT2D eigenvalue weighted by Crippen LogP contribution is 2.26. The fourth-order valence-corrected chi connectivity index (χ4v) is 8.99. The second-order valence-electron chi connectivity index (χ2n) is 17.4. The maximum Gasteiger partial charge on any atom is 0.407 e. The van der Waals surface area contributed by atoms with Crippen LogP contribution in [0.25, 0.3) is 0 Å². The van der Waals surface area contributed by atoms with Gasteiger partial charge in [0.15, 0.2) is 0 Å². The van der Waals surface area contributed by atoms with E-state index in [9.17, 15) is 28.8 Å². The Labute approximate surface area is 403 Å². The minimum atomic E-state index is -0.849. The van der Waals surface area contributed by atoms with E-state index in [-0.39, 0.29) is 23.6 Å². The first-order valence-electron chi connectivity index (χ1n) is 23.6. The number of aryl methyl sites for hydroxylation is 2. The topological polar surface area (TPSA) is 179 Å². The molecule has 4 atom stereocenters. The van der Waals surface area contributed by atoms with Gasteiger partial charge in [-0.05, 0) is 110 Å². The summed E-state index contributed by atoms with van der Waals surface area (Å²) < 4.78 is 9.64. The average molecular weight is 936 g/mol. The lowest BCUT2D eigenvalue weighted by Gasteiger charge is -2.28. The SMILES string of the molecule is COC(=O)NC(CCc1ccccc1)C(=O)N1CCC[C@H]1C(=O)Nc1ccc(CN(Cc2ccc(NC(=O)C3CCCN3C(=O)[C@H](CCc3ccccc3)NC(=O)OC)cc2)c2ccccc2)cc1. The molecular weight excluding hydrogens is 875 g/mol. The molecule has 2 fully saturated rings. The smallest absolute Gasteiger partial charge is 0.407 e. The van der Waals surface area contributed by atoms with Crippen molar-refractivity contribution in [3.05, 3.63) is 162 Å². The lowest BCUT2D eigenvalue weighted by molar-refractivity contribution is -0.138. The molecule has 360 valence electrons. The first kappa shape index (κ1) is 49.2. The highest BCUT2D eigenvalue weighted by molar-refractivity contribution is 5.99. The van der Waals surface area contributed by atoms with Gasteiger partial charge < -0.3 is 45.4 Å². The highest BCUT2D eigenvalue weighted by atomic mass is 16.5. The molecule has 0 aliphatic carbocycles. The predicted octanol–water partition coefficient (Wildman–Crippen LogP) is 7.47. The minimum absolute atomic E-state index is 0.288. The number of para-hydroxylation sites is 1. The number of hydrogen-bond donors (Lipinski definition) is 4. The van der Waals surface area contributed by atoms with E-state index in [1.54, 1.807) is 9.80 Å². The van der Waals surface area contributed by atoms with Gasteiger partial charge in [0.1, 0.15) is 24.2 Å². The lowest BCUT2D eigenvalue weighted by atomic mass is 10.0. The second kappa shape index (κ2) is 24.4. The van der Waals surface area contributed by atoms with E-state index in [0.29, 0.717) is 88.9 Å². The second-order valence-corrected chi connectivity index (χ2v) is 17.4. The molecular formula is C54H61N7O8. The zero-order chi connectivity index (χ0) is 48.5. The predicted molar refractivity (Wildman–Crippen MR) is 264 cm³/mol. The van der Waals surface area contributed by atoms with E-state index in [0.717, 1.165) is 27.9 Å². The molecule has 4 N–H and O–H groups in total. The number of carbonyl (C=O) groups excluding carboxylic acids is 6. The van der Waals surface area contributed by atoms with Crippen LogP contribution < -0.4 is 26.2 Å². The fraction of sp³-hybridized carbons (Fsp3) is 0.333. The van der Waals surface area contributed by atoms with Gasteiger partial charge in [0.2, 0.25) is 23.6 Å². The van der Waals surface area contributed by atoms with Crippen molar-refractivity contribution >= 4 is 52.9 Å². The maximum atomic E-state index is 13.9. The molecule has 2 unspecified atom stereocenters. The molecule has 7 rings (SSSR count). The van der Waals surface area contributed by atoms with Gasteiger partial charge in [-0.2, -0.15) is 0 Å². The monoisotopic (exact) mass is 935 g/mol.